The van der Waals surface area contributed by atoms with E-state index >= 15 is 0 Å². The van der Waals surface area contributed by atoms with E-state index in [1.165, 1.54) is 6.07 Å². The molecule has 0 aliphatic heterocycles. The fraction of sp³-hybridized carbons (Fsp3) is 0.231. The van der Waals surface area contributed by atoms with Crippen molar-refractivity contribution in [2.45, 2.75) is 4.21 Å². The molecule has 0 spiro atoms. The van der Waals surface area contributed by atoms with Gasteiger partial charge in [-0.2, -0.15) is 0 Å². The fourth-order valence-electron chi connectivity index (χ4n) is 1.59. The number of hydrogen-bond donors (Lipinski definition) is 1. The SMILES string of the molecule is COc1ccccc1OCCNS(=O)(=O)c1ccc(Cl)s1. The highest BCUT2D eigenvalue weighted by Crippen LogP contribution is 2.26. The Morgan fingerprint density at radius 2 is 1.90 bits per heavy atom. The van der Waals surface area contributed by atoms with Crippen molar-refractivity contribution in [3.63, 3.8) is 0 Å². The van der Waals surface area contributed by atoms with Crippen LogP contribution in [0.15, 0.2) is 40.6 Å². The minimum atomic E-state index is -3.54. The zero-order valence-electron chi connectivity index (χ0n) is 11.2. The number of rotatable bonds is 7. The Labute approximate surface area is 132 Å². The third-order valence-corrected chi connectivity index (χ3v) is 5.72. The second kappa shape index (κ2) is 7.13. The molecule has 0 unspecified atom stereocenters. The summed E-state index contributed by atoms with van der Waals surface area (Å²) in [4.78, 5) is 0. The molecule has 0 bridgehead atoms. The molecule has 5 nitrogen and oxygen atoms in total. The summed E-state index contributed by atoms with van der Waals surface area (Å²) in [5.74, 6) is 1.17. The van der Waals surface area contributed by atoms with Gasteiger partial charge in [-0.25, -0.2) is 13.1 Å². The van der Waals surface area contributed by atoms with Gasteiger partial charge < -0.3 is 9.47 Å². The van der Waals surface area contributed by atoms with Crippen LogP contribution in [0.2, 0.25) is 4.34 Å². The number of nitrogens with one attached hydrogen (secondary N) is 1. The number of hydrogen-bond acceptors (Lipinski definition) is 5. The Kier molecular flexibility index (Phi) is 5.46. The minimum absolute atomic E-state index is 0.149. The van der Waals surface area contributed by atoms with Crippen LogP contribution in [-0.4, -0.2) is 28.7 Å². The van der Waals surface area contributed by atoms with E-state index in [2.05, 4.69) is 4.72 Å². The molecular weight excluding hydrogens is 334 g/mol. The molecule has 0 fully saturated rings. The van der Waals surface area contributed by atoms with Crippen LogP contribution in [-0.2, 0) is 10.0 Å². The lowest BCUT2D eigenvalue weighted by atomic mass is 10.3. The first-order valence-corrected chi connectivity index (χ1v) is 8.71. The van der Waals surface area contributed by atoms with Crippen molar-refractivity contribution < 1.29 is 17.9 Å². The van der Waals surface area contributed by atoms with Gasteiger partial charge in [0.25, 0.3) is 0 Å². The first-order chi connectivity index (χ1) is 10.0. The number of thiophene rings is 1. The summed E-state index contributed by atoms with van der Waals surface area (Å²) in [5, 5.41) is 0. The van der Waals surface area contributed by atoms with Crippen molar-refractivity contribution in [3.8, 4) is 11.5 Å². The van der Waals surface area contributed by atoms with Gasteiger partial charge in [0, 0.05) is 6.54 Å². The predicted octanol–water partition coefficient (Wildman–Crippen LogP) is 2.77. The number of sulfonamides is 1. The predicted molar refractivity (Wildman–Crippen MR) is 83.0 cm³/mol. The number of methoxy groups -OCH3 is 1. The van der Waals surface area contributed by atoms with Crippen molar-refractivity contribution in [3.05, 3.63) is 40.7 Å². The quantitative estimate of drug-likeness (QED) is 0.782. The minimum Gasteiger partial charge on any atom is -0.493 e. The van der Waals surface area contributed by atoms with Crippen LogP contribution in [0.5, 0.6) is 11.5 Å². The van der Waals surface area contributed by atoms with Crippen molar-refractivity contribution in [1.29, 1.82) is 0 Å². The van der Waals surface area contributed by atoms with Crippen molar-refractivity contribution >= 4 is 33.0 Å². The largest absolute Gasteiger partial charge is 0.493 e. The van der Waals surface area contributed by atoms with Gasteiger partial charge in [0.1, 0.15) is 10.8 Å². The maximum absolute atomic E-state index is 11.9. The van der Waals surface area contributed by atoms with Crippen LogP contribution in [0, 0.1) is 0 Å². The third-order valence-electron chi connectivity index (χ3n) is 2.53. The van der Waals surface area contributed by atoms with Gasteiger partial charge in [-0.1, -0.05) is 23.7 Å². The maximum atomic E-state index is 11.9. The van der Waals surface area contributed by atoms with Crippen LogP contribution in [0.1, 0.15) is 0 Å². The molecule has 0 aliphatic carbocycles. The van der Waals surface area contributed by atoms with E-state index in [9.17, 15) is 8.42 Å². The Morgan fingerprint density at radius 1 is 1.19 bits per heavy atom. The first-order valence-electron chi connectivity index (χ1n) is 6.04. The second-order valence-corrected chi connectivity index (χ2v) is 7.66. The summed E-state index contributed by atoms with van der Waals surface area (Å²) in [7, 11) is -1.99. The van der Waals surface area contributed by atoms with Gasteiger partial charge >= 0.3 is 0 Å². The molecule has 0 saturated carbocycles. The van der Waals surface area contributed by atoms with Gasteiger partial charge in [0.15, 0.2) is 11.5 Å². The van der Waals surface area contributed by atoms with Gasteiger partial charge in [-0.15, -0.1) is 11.3 Å². The summed E-state index contributed by atoms with van der Waals surface area (Å²) in [5.41, 5.74) is 0. The molecule has 0 aliphatic rings. The van der Waals surface area contributed by atoms with E-state index in [4.69, 9.17) is 21.1 Å². The average Bonchev–Trinajstić information content (AvgIpc) is 2.91. The van der Waals surface area contributed by atoms with Crippen LogP contribution in [0.25, 0.3) is 0 Å². The Hall–Kier alpha value is -1.28. The number of ether oxygens (including phenoxy) is 2. The lowest BCUT2D eigenvalue weighted by Crippen LogP contribution is -2.27. The van der Waals surface area contributed by atoms with E-state index in [0.717, 1.165) is 11.3 Å². The molecule has 0 amide bonds. The monoisotopic (exact) mass is 347 g/mol. The number of para-hydroxylation sites is 2. The van der Waals surface area contributed by atoms with Gasteiger partial charge in [0.05, 0.1) is 11.4 Å². The first kappa shape index (κ1) is 16.1. The van der Waals surface area contributed by atoms with Gasteiger partial charge in [0.2, 0.25) is 10.0 Å². The van der Waals surface area contributed by atoms with E-state index in [0.29, 0.717) is 15.8 Å². The van der Waals surface area contributed by atoms with Crippen LogP contribution in [0.3, 0.4) is 0 Å². The van der Waals surface area contributed by atoms with E-state index < -0.39 is 10.0 Å². The Morgan fingerprint density at radius 3 is 2.52 bits per heavy atom. The molecule has 2 aromatic rings. The molecule has 1 aromatic carbocycles. The van der Waals surface area contributed by atoms with Gasteiger partial charge in [-0.3, -0.25) is 0 Å². The molecule has 0 radical (unpaired) electrons. The lowest BCUT2D eigenvalue weighted by Gasteiger charge is -2.10. The Balaban J connectivity index is 1.87. The third kappa shape index (κ3) is 4.34. The molecule has 0 saturated heterocycles. The van der Waals surface area contributed by atoms with Crippen molar-refractivity contribution in [2.75, 3.05) is 20.3 Å². The normalized spacial score (nSPS) is 11.3. The Bertz CT molecular complexity index is 700. The zero-order chi connectivity index (χ0) is 15.3. The smallest absolute Gasteiger partial charge is 0.250 e. The van der Waals surface area contributed by atoms with E-state index in [1.807, 2.05) is 12.1 Å². The van der Waals surface area contributed by atoms with Crippen LogP contribution >= 0.6 is 22.9 Å². The lowest BCUT2D eigenvalue weighted by molar-refractivity contribution is 0.299. The summed E-state index contributed by atoms with van der Waals surface area (Å²) in [6.07, 6.45) is 0. The highest BCUT2D eigenvalue weighted by atomic mass is 35.5. The van der Waals surface area contributed by atoms with Gasteiger partial charge in [-0.05, 0) is 24.3 Å². The van der Waals surface area contributed by atoms with E-state index in [-0.39, 0.29) is 17.4 Å². The van der Waals surface area contributed by atoms with E-state index in [1.54, 1.807) is 25.3 Å². The molecule has 1 heterocycles. The topological polar surface area (TPSA) is 64.6 Å². The maximum Gasteiger partial charge on any atom is 0.250 e. The summed E-state index contributed by atoms with van der Waals surface area (Å²) in [6.45, 7) is 0.342. The standard InChI is InChI=1S/C13H14ClNO4S2/c1-18-10-4-2-3-5-11(10)19-9-8-15-21(16,17)13-7-6-12(14)20-13/h2-7,15H,8-9H2,1H3. The summed E-state index contributed by atoms with van der Waals surface area (Å²) in [6, 6.07) is 10.2. The van der Waals surface area contributed by atoms with Crippen molar-refractivity contribution in [1.82, 2.24) is 4.72 Å². The van der Waals surface area contributed by atoms with Crippen LogP contribution < -0.4 is 14.2 Å². The average molecular weight is 348 g/mol. The molecule has 21 heavy (non-hydrogen) atoms. The van der Waals surface area contributed by atoms with Crippen molar-refractivity contribution in [2.24, 2.45) is 0 Å². The molecule has 114 valence electrons. The molecular formula is C13H14ClNO4S2. The fourth-order valence-corrected chi connectivity index (χ4v) is 4.13. The molecule has 2 rings (SSSR count). The van der Waals surface area contributed by atoms with Crippen LogP contribution in [0.4, 0.5) is 0 Å². The molecule has 0 atom stereocenters. The summed E-state index contributed by atoms with van der Waals surface area (Å²) >= 11 is 6.74. The summed E-state index contributed by atoms with van der Waals surface area (Å²) < 4.78 is 37.6. The molecule has 1 N–H and O–H groups in total. The number of benzene rings is 1. The highest BCUT2D eigenvalue weighted by Gasteiger charge is 2.15. The zero-order valence-corrected chi connectivity index (χ0v) is 13.6. The molecule has 8 heteroatoms. The number of halogens is 1. The second-order valence-electron chi connectivity index (χ2n) is 3.96. The highest BCUT2D eigenvalue weighted by molar-refractivity contribution is 7.91. The molecule has 1 aromatic heterocycles.